The molecule has 8 rings (SSSR count). The summed E-state index contributed by atoms with van der Waals surface area (Å²) in [7, 11) is 0. The van der Waals surface area contributed by atoms with E-state index in [1.54, 1.807) is 11.3 Å². The van der Waals surface area contributed by atoms with Crippen molar-refractivity contribution in [3.8, 4) is 22.4 Å². The Bertz CT molecular complexity index is 1700. The van der Waals surface area contributed by atoms with Crippen molar-refractivity contribution in [2.75, 3.05) is 0 Å². The standard InChI is InChI=1S/C19H20N2O.C17H18N2OS/c1-13-19(21-14(2)22-13)9-8-18-15(11-19)5-3-7-17(18)16-6-4-10-20-12-16;1-11-17(19-12(2)20-11)7-6-14-13(8-17)4-3-5-15(14)16-9-21-10-18-16/h3-7,10,12-13H,8-9,11H2,1-2H3;3-5,9-11H,6-8H2,1-2H3/t13-,19+;11?,17-/m10/s1. The lowest BCUT2D eigenvalue weighted by Gasteiger charge is -2.35. The topological polar surface area (TPSA) is 69.0 Å². The van der Waals surface area contributed by atoms with Crippen molar-refractivity contribution in [1.29, 1.82) is 0 Å². The molecule has 2 aliphatic heterocycles. The maximum atomic E-state index is 5.82. The van der Waals surface area contributed by atoms with Crippen LogP contribution in [0.3, 0.4) is 0 Å². The average molecular weight is 591 g/mol. The molecule has 0 saturated carbocycles. The third-order valence-corrected chi connectivity index (χ3v) is 10.4. The summed E-state index contributed by atoms with van der Waals surface area (Å²) in [6, 6.07) is 17.3. The van der Waals surface area contributed by atoms with Gasteiger partial charge in [-0.15, -0.1) is 11.3 Å². The van der Waals surface area contributed by atoms with E-state index in [0.29, 0.717) is 0 Å². The molecule has 0 saturated heterocycles. The molecule has 2 aromatic carbocycles. The number of ether oxygens (including phenoxy) is 2. The Labute approximate surface area is 258 Å². The first-order valence-electron chi connectivity index (χ1n) is 15.3. The van der Waals surface area contributed by atoms with Crippen LogP contribution in [-0.4, -0.2) is 45.0 Å². The van der Waals surface area contributed by atoms with Crippen LogP contribution in [0.15, 0.2) is 81.8 Å². The van der Waals surface area contributed by atoms with Gasteiger partial charge in [0.05, 0.1) is 11.2 Å². The number of aliphatic imine (C=N–C) groups is 2. The zero-order chi connectivity index (χ0) is 29.6. The van der Waals surface area contributed by atoms with Crippen LogP contribution >= 0.6 is 11.3 Å². The molecule has 0 bridgehead atoms. The lowest BCUT2D eigenvalue weighted by atomic mass is 9.74. The van der Waals surface area contributed by atoms with E-state index < -0.39 is 0 Å². The molecule has 2 aromatic heterocycles. The Morgan fingerprint density at radius 2 is 1.37 bits per heavy atom. The smallest absolute Gasteiger partial charge is 0.181 e. The number of aromatic nitrogens is 2. The summed E-state index contributed by atoms with van der Waals surface area (Å²) in [4.78, 5) is 18.4. The van der Waals surface area contributed by atoms with Gasteiger partial charge in [0.1, 0.15) is 23.3 Å². The molecule has 0 fully saturated rings. The van der Waals surface area contributed by atoms with Gasteiger partial charge in [0.2, 0.25) is 0 Å². The molecule has 0 amide bonds. The van der Waals surface area contributed by atoms with Gasteiger partial charge in [-0.1, -0.05) is 42.5 Å². The first kappa shape index (κ1) is 28.0. The second kappa shape index (κ2) is 11.0. The number of hydrogen-bond donors (Lipinski definition) is 0. The van der Waals surface area contributed by atoms with E-state index in [-0.39, 0.29) is 23.3 Å². The number of nitrogens with zero attached hydrogens (tertiary/aromatic N) is 4. The van der Waals surface area contributed by atoms with Crippen LogP contribution in [-0.2, 0) is 35.2 Å². The SMILES string of the molecule is CC1=N[C@]2(CCc3c(cccc3-c3cccnc3)C2)[C@@H](C)O1.CC1=N[C@]2(CCc3c(cccc3-c3cscn3)C2)C(C)O1. The van der Waals surface area contributed by atoms with E-state index in [0.717, 1.165) is 56.0 Å². The Balaban J connectivity index is 0.000000140. The van der Waals surface area contributed by atoms with E-state index in [1.165, 1.54) is 38.9 Å². The van der Waals surface area contributed by atoms with Crippen LogP contribution in [0, 0.1) is 0 Å². The molecule has 4 heterocycles. The molecule has 0 radical (unpaired) electrons. The third-order valence-electron chi connectivity index (χ3n) is 9.80. The highest BCUT2D eigenvalue weighted by Gasteiger charge is 2.46. The minimum absolute atomic E-state index is 0.0578. The van der Waals surface area contributed by atoms with Gasteiger partial charge in [0.15, 0.2) is 11.8 Å². The fraction of sp³-hybridized carbons (Fsp3) is 0.389. The summed E-state index contributed by atoms with van der Waals surface area (Å²) < 4.78 is 11.6. The van der Waals surface area contributed by atoms with Crippen LogP contribution in [0.1, 0.15) is 62.8 Å². The van der Waals surface area contributed by atoms with Crippen molar-refractivity contribution < 1.29 is 9.47 Å². The summed E-state index contributed by atoms with van der Waals surface area (Å²) in [5.74, 6) is 1.67. The Hall–Kier alpha value is -3.84. The maximum absolute atomic E-state index is 5.82. The Morgan fingerprint density at radius 1 is 0.767 bits per heavy atom. The monoisotopic (exact) mass is 590 g/mol. The Kier molecular flexibility index (Phi) is 7.16. The van der Waals surface area contributed by atoms with E-state index in [4.69, 9.17) is 19.5 Å². The van der Waals surface area contributed by atoms with Gasteiger partial charge in [-0.3, -0.25) is 4.98 Å². The van der Waals surface area contributed by atoms with Gasteiger partial charge in [-0.05, 0) is 73.4 Å². The van der Waals surface area contributed by atoms with Crippen molar-refractivity contribution >= 4 is 23.1 Å². The number of pyridine rings is 1. The Morgan fingerprint density at radius 3 is 1.88 bits per heavy atom. The van der Waals surface area contributed by atoms with Gasteiger partial charge < -0.3 is 9.47 Å². The molecular weight excluding hydrogens is 552 g/mol. The van der Waals surface area contributed by atoms with E-state index in [9.17, 15) is 0 Å². The second-order valence-corrected chi connectivity index (χ2v) is 13.1. The number of thiazole rings is 1. The fourth-order valence-electron chi connectivity index (χ4n) is 7.57. The van der Waals surface area contributed by atoms with Crippen LogP contribution in [0.2, 0.25) is 0 Å². The van der Waals surface area contributed by atoms with Crippen molar-refractivity contribution in [3.05, 3.63) is 94.1 Å². The fourth-order valence-corrected chi connectivity index (χ4v) is 8.12. The lowest BCUT2D eigenvalue weighted by molar-refractivity contribution is 0.141. The molecule has 0 N–H and O–H groups in total. The number of hydrogen-bond acceptors (Lipinski definition) is 7. The molecular formula is C36H38N4O2S. The largest absolute Gasteiger partial charge is 0.476 e. The third kappa shape index (κ3) is 5.07. The molecule has 2 aliphatic carbocycles. The predicted octanol–water partition coefficient (Wildman–Crippen LogP) is 7.69. The summed E-state index contributed by atoms with van der Waals surface area (Å²) in [6.07, 6.45) is 10.3. The van der Waals surface area contributed by atoms with Crippen LogP contribution in [0.5, 0.6) is 0 Å². The maximum Gasteiger partial charge on any atom is 0.181 e. The van der Waals surface area contributed by atoms with Crippen molar-refractivity contribution in [1.82, 2.24) is 9.97 Å². The molecule has 1 unspecified atom stereocenters. The number of benzene rings is 2. The molecule has 220 valence electrons. The van der Waals surface area contributed by atoms with E-state index >= 15 is 0 Å². The minimum Gasteiger partial charge on any atom is -0.476 e. The second-order valence-electron chi connectivity index (χ2n) is 12.3. The minimum atomic E-state index is -0.0648. The highest BCUT2D eigenvalue weighted by molar-refractivity contribution is 7.07. The van der Waals surface area contributed by atoms with Crippen molar-refractivity contribution in [2.45, 2.75) is 89.5 Å². The van der Waals surface area contributed by atoms with Gasteiger partial charge in [-0.25, -0.2) is 15.0 Å². The first-order valence-corrected chi connectivity index (χ1v) is 16.3. The van der Waals surface area contributed by atoms with E-state index in [1.807, 2.05) is 37.8 Å². The van der Waals surface area contributed by atoms with Crippen molar-refractivity contribution in [3.63, 3.8) is 0 Å². The average Bonchev–Trinajstić information content (AvgIpc) is 3.71. The summed E-state index contributed by atoms with van der Waals surface area (Å²) >= 11 is 1.65. The highest BCUT2D eigenvalue weighted by atomic mass is 32.1. The normalized spacial score (nSPS) is 26.9. The molecule has 2 spiro atoms. The predicted molar refractivity (Wildman–Crippen MR) is 174 cm³/mol. The molecule has 4 atom stereocenters. The quantitative estimate of drug-likeness (QED) is 0.240. The van der Waals surface area contributed by atoms with Crippen molar-refractivity contribution in [2.24, 2.45) is 9.98 Å². The molecule has 43 heavy (non-hydrogen) atoms. The van der Waals surface area contributed by atoms with Gasteiger partial charge >= 0.3 is 0 Å². The zero-order valence-corrected chi connectivity index (χ0v) is 26.2. The summed E-state index contributed by atoms with van der Waals surface area (Å²) in [6.45, 7) is 8.23. The lowest BCUT2D eigenvalue weighted by Crippen LogP contribution is -2.41. The van der Waals surface area contributed by atoms with Crippen LogP contribution < -0.4 is 0 Å². The molecule has 4 aliphatic rings. The number of fused-ring (bicyclic) bond motifs is 2. The first-order chi connectivity index (χ1) is 20.9. The van der Waals surface area contributed by atoms with Gasteiger partial charge in [0, 0.05) is 55.6 Å². The van der Waals surface area contributed by atoms with Crippen LogP contribution in [0.4, 0.5) is 0 Å². The zero-order valence-electron chi connectivity index (χ0n) is 25.3. The van der Waals surface area contributed by atoms with Crippen LogP contribution in [0.25, 0.3) is 22.4 Å². The summed E-state index contributed by atoms with van der Waals surface area (Å²) in [5, 5.41) is 2.13. The highest BCUT2D eigenvalue weighted by Crippen LogP contribution is 2.43. The van der Waals surface area contributed by atoms with Gasteiger partial charge in [-0.2, -0.15) is 0 Å². The van der Waals surface area contributed by atoms with E-state index in [2.05, 4.69) is 71.7 Å². The molecule has 4 aromatic rings. The van der Waals surface area contributed by atoms with Gasteiger partial charge in [0.25, 0.3) is 0 Å². The summed E-state index contributed by atoms with van der Waals surface area (Å²) in [5.41, 5.74) is 12.4. The molecule has 7 heteroatoms. The number of rotatable bonds is 2. The molecule has 6 nitrogen and oxygen atoms in total.